The van der Waals surface area contributed by atoms with Gasteiger partial charge < -0.3 is 14.4 Å². The maximum absolute atomic E-state index is 13.5. The number of nitrogens with zero attached hydrogens (tertiary/aromatic N) is 5. The fourth-order valence-corrected chi connectivity index (χ4v) is 5.33. The molecule has 0 bridgehead atoms. The Balaban J connectivity index is 1.68. The normalized spacial score (nSPS) is 14.4. The molecule has 0 atom stereocenters. The number of carbonyl (C=O) groups excluding carboxylic acids is 1. The van der Waals surface area contributed by atoms with E-state index in [1.807, 2.05) is 17.0 Å². The Labute approximate surface area is 223 Å². The number of piperidine rings is 1. The summed E-state index contributed by atoms with van der Waals surface area (Å²) in [6.45, 7) is 14.5. The van der Waals surface area contributed by atoms with Crippen molar-refractivity contribution in [2.24, 2.45) is 0 Å². The predicted octanol–water partition coefficient (Wildman–Crippen LogP) is 6.63. The van der Waals surface area contributed by atoms with Crippen molar-refractivity contribution in [3.05, 3.63) is 47.2 Å². The van der Waals surface area contributed by atoms with Crippen molar-refractivity contribution in [3.8, 4) is 11.4 Å². The predicted molar refractivity (Wildman–Crippen MR) is 153 cm³/mol. The number of fused-ring (bicyclic) bond motifs is 1. The smallest absolute Gasteiger partial charge is 0.272 e. The van der Waals surface area contributed by atoms with Crippen molar-refractivity contribution in [3.63, 3.8) is 0 Å². The second-order valence-corrected chi connectivity index (χ2v) is 10.7. The number of aryl methyl sites for hydroxylation is 3. The highest BCUT2D eigenvalue weighted by Gasteiger charge is 2.21. The van der Waals surface area contributed by atoms with Crippen molar-refractivity contribution in [2.75, 3.05) is 32.7 Å². The van der Waals surface area contributed by atoms with Gasteiger partial charge >= 0.3 is 0 Å². The third-order valence-corrected chi connectivity index (χ3v) is 7.60. The van der Waals surface area contributed by atoms with E-state index < -0.39 is 0 Å². The summed E-state index contributed by atoms with van der Waals surface area (Å²) in [7, 11) is 0. The number of benzene rings is 1. The molecule has 1 aromatic carbocycles. The Morgan fingerprint density at radius 2 is 1.62 bits per heavy atom. The first-order valence-electron chi connectivity index (χ1n) is 14.5. The van der Waals surface area contributed by atoms with Gasteiger partial charge in [0.05, 0.1) is 0 Å². The average Bonchev–Trinajstić information content (AvgIpc) is 3.28. The van der Waals surface area contributed by atoms with Crippen LogP contribution in [0.3, 0.4) is 0 Å². The zero-order valence-electron chi connectivity index (χ0n) is 23.4. The fourth-order valence-electron chi connectivity index (χ4n) is 5.33. The minimum Gasteiger partial charge on any atom is -0.337 e. The van der Waals surface area contributed by atoms with Gasteiger partial charge in [-0.1, -0.05) is 50.8 Å². The number of unbranched alkanes of at least 4 members (excludes halogenated alkanes) is 2. The maximum atomic E-state index is 13.5. The summed E-state index contributed by atoms with van der Waals surface area (Å²) in [5.41, 5.74) is 5.80. The van der Waals surface area contributed by atoms with Gasteiger partial charge in [0.1, 0.15) is 17.0 Å². The van der Waals surface area contributed by atoms with E-state index >= 15 is 0 Å². The van der Waals surface area contributed by atoms with Crippen LogP contribution < -0.4 is 0 Å². The molecule has 3 aromatic rings. The molecule has 1 aliphatic rings. The van der Waals surface area contributed by atoms with Crippen LogP contribution in [0.5, 0.6) is 0 Å². The van der Waals surface area contributed by atoms with Gasteiger partial charge in [0, 0.05) is 25.2 Å². The summed E-state index contributed by atoms with van der Waals surface area (Å²) < 4.78 is 2.26. The molecule has 3 heterocycles. The summed E-state index contributed by atoms with van der Waals surface area (Å²) in [6.07, 6.45) is 9.20. The first-order chi connectivity index (χ1) is 18.0. The highest BCUT2D eigenvalue weighted by Crippen LogP contribution is 2.28. The third-order valence-electron chi connectivity index (χ3n) is 7.60. The molecule has 0 aliphatic carbocycles. The van der Waals surface area contributed by atoms with Gasteiger partial charge in [-0.05, 0) is 89.3 Å². The molecule has 1 amide bonds. The van der Waals surface area contributed by atoms with Crippen LogP contribution in [0.15, 0.2) is 30.3 Å². The molecule has 6 heteroatoms. The van der Waals surface area contributed by atoms with Gasteiger partial charge in [0.25, 0.3) is 5.91 Å². The molecule has 1 fully saturated rings. The Morgan fingerprint density at radius 1 is 0.892 bits per heavy atom. The fraction of sp³-hybridized carbons (Fsp3) is 0.581. The lowest BCUT2D eigenvalue weighted by Crippen LogP contribution is -2.33. The highest BCUT2D eigenvalue weighted by atomic mass is 16.2. The van der Waals surface area contributed by atoms with E-state index in [1.165, 1.54) is 43.5 Å². The summed E-state index contributed by atoms with van der Waals surface area (Å²) in [5, 5.41) is 0. The van der Waals surface area contributed by atoms with Crippen molar-refractivity contribution < 1.29 is 4.79 Å². The van der Waals surface area contributed by atoms with Gasteiger partial charge in [-0.25, -0.2) is 9.97 Å². The number of pyridine rings is 1. The van der Waals surface area contributed by atoms with Crippen LogP contribution in [-0.4, -0.2) is 63.0 Å². The molecule has 1 aliphatic heterocycles. The molecule has 0 radical (unpaired) electrons. The van der Waals surface area contributed by atoms with Crippen LogP contribution in [0.1, 0.15) is 86.8 Å². The van der Waals surface area contributed by atoms with E-state index in [9.17, 15) is 4.79 Å². The SMILES string of the molecule is CCCCN(CCCC)C(=O)c1ccc2nc(-c3cc(C)ccc3C)n(CCCN3CCCCC3)c2n1. The molecule has 200 valence electrons. The summed E-state index contributed by atoms with van der Waals surface area (Å²) in [5.74, 6) is 0.999. The van der Waals surface area contributed by atoms with Crippen LogP contribution in [0, 0.1) is 13.8 Å². The van der Waals surface area contributed by atoms with Crippen molar-refractivity contribution in [2.45, 2.75) is 85.6 Å². The molecule has 37 heavy (non-hydrogen) atoms. The first kappa shape index (κ1) is 27.3. The van der Waals surface area contributed by atoms with Crippen molar-refractivity contribution in [1.29, 1.82) is 0 Å². The molecule has 0 unspecified atom stereocenters. The Kier molecular flexibility index (Phi) is 9.73. The van der Waals surface area contributed by atoms with Crippen LogP contribution in [0.4, 0.5) is 0 Å². The molecular formula is C31H45N5O. The lowest BCUT2D eigenvalue weighted by atomic mass is 10.1. The monoisotopic (exact) mass is 503 g/mol. The number of likely N-dealkylation sites (tertiary alicyclic amines) is 1. The summed E-state index contributed by atoms with van der Waals surface area (Å²) in [6, 6.07) is 10.4. The number of amides is 1. The zero-order chi connectivity index (χ0) is 26.2. The third kappa shape index (κ3) is 6.78. The van der Waals surface area contributed by atoms with Crippen LogP contribution in [0.25, 0.3) is 22.6 Å². The van der Waals surface area contributed by atoms with E-state index in [1.54, 1.807) is 0 Å². The van der Waals surface area contributed by atoms with E-state index in [-0.39, 0.29) is 5.91 Å². The lowest BCUT2D eigenvalue weighted by molar-refractivity contribution is 0.0745. The molecule has 1 saturated heterocycles. The number of aromatic nitrogens is 3. The van der Waals surface area contributed by atoms with E-state index in [4.69, 9.17) is 9.97 Å². The molecular weight excluding hydrogens is 458 g/mol. The molecule has 2 aromatic heterocycles. The largest absolute Gasteiger partial charge is 0.337 e. The number of hydrogen-bond donors (Lipinski definition) is 0. The van der Waals surface area contributed by atoms with Gasteiger partial charge in [-0.15, -0.1) is 0 Å². The minimum atomic E-state index is 0.0400. The van der Waals surface area contributed by atoms with E-state index in [0.717, 1.165) is 80.8 Å². The van der Waals surface area contributed by atoms with Gasteiger partial charge in [0.15, 0.2) is 5.65 Å². The van der Waals surface area contributed by atoms with E-state index in [0.29, 0.717) is 5.69 Å². The zero-order valence-corrected chi connectivity index (χ0v) is 23.4. The van der Waals surface area contributed by atoms with Crippen LogP contribution in [-0.2, 0) is 6.54 Å². The van der Waals surface area contributed by atoms with Gasteiger partial charge in [-0.2, -0.15) is 0 Å². The molecule has 4 rings (SSSR count). The second kappa shape index (κ2) is 13.2. The molecule has 0 saturated carbocycles. The minimum absolute atomic E-state index is 0.0400. The topological polar surface area (TPSA) is 54.3 Å². The number of carbonyl (C=O) groups is 1. The van der Waals surface area contributed by atoms with Crippen LogP contribution in [0.2, 0.25) is 0 Å². The number of rotatable bonds is 12. The standard InChI is InChI=1S/C31H45N5O/c1-5-7-20-35(21-8-6-2)31(37)28-16-15-27-30(33-28)36(22-12-19-34-17-10-9-11-18-34)29(32-27)26-23-24(3)13-14-25(26)4/h13-16,23H,5-12,17-22H2,1-4H3. The lowest BCUT2D eigenvalue weighted by Gasteiger charge is -2.26. The van der Waals surface area contributed by atoms with Gasteiger partial charge in [0.2, 0.25) is 0 Å². The maximum Gasteiger partial charge on any atom is 0.272 e. The summed E-state index contributed by atoms with van der Waals surface area (Å²) in [4.78, 5) is 28.1. The van der Waals surface area contributed by atoms with Crippen molar-refractivity contribution in [1.82, 2.24) is 24.3 Å². The average molecular weight is 504 g/mol. The Hall–Kier alpha value is -2.73. The highest BCUT2D eigenvalue weighted by molar-refractivity contribution is 5.94. The molecule has 0 N–H and O–H groups in total. The van der Waals surface area contributed by atoms with Crippen LogP contribution >= 0.6 is 0 Å². The Morgan fingerprint density at radius 3 is 2.32 bits per heavy atom. The van der Waals surface area contributed by atoms with Gasteiger partial charge in [-0.3, -0.25) is 4.79 Å². The molecule has 0 spiro atoms. The first-order valence-corrected chi connectivity index (χ1v) is 14.5. The van der Waals surface area contributed by atoms with Crippen molar-refractivity contribution >= 4 is 17.1 Å². The quantitative estimate of drug-likeness (QED) is 0.278. The second-order valence-electron chi connectivity index (χ2n) is 10.7. The number of imidazole rings is 1. The number of hydrogen-bond acceptors (Lipinski definition) is 4. The summed E-state index contributed by atoms with van der Waals surface area (Å²) >= 11 is 0. The molecule has 6 nitrogen and oxygen atoms in total. The van der Waals surface area contributed by atoms with E-state index in [2.05, 4.69) is 55.4 Å². The Bertz CT molecular complexity index is 1170.